The highest BCUT2D eigenvalue weighted by Gasteiger charge is 2.07. The van der Waals surface area contributed by atoms with Gasteiger partial charge in [0.2, 0.25) is 0 Å². The number of carbonyl (C=O) groups excluding carboxylic acids is 1. The van der Waals surface area contributed by atoms with Crippen LogP contribution in [0.2, 0.25) is 0 Å². The van der Waals surface area contributed by atoms with Crippen LogP contribution < -0.4 is 10.1 Å². The van der Waals surface area contributed by atoms with Gasteiger partial charge in [-0.15, -0.1) is 0 Å². The number of hydrogen-bond donors (Lipinski definition) is 1. The van der Waals surface area contributed by atoms with E-state index in [0.29, 0.717) is 5.56 Å². The average Bonchev–Trinajstić information content (AvgIpc) is 2.39. The molecule has 0 aliphatic rings. The van der Waals surface area contributed by atoms with Gasteiger partial charge in [-0.2, -0.15) is 0 Å². The second-order valence-electron chi connectivity index (χ2n) is 4.51. The predicted molar refractivity (Wildman–Crippen MR) is 76.9 cm³/mol. The molecule has 3 heteroatoms. The lowest BCUT2D eigenvalue weighted by Gasteiger charge is -2.09. The van der Waals surface area contributed by atoms with Gasteiger partial charge in [-0.25, -0.2) is 0 Å². The fourth-order valence-electron chi connectivity index (χ4n) is 1.95. The van der Waals surface area contributed by atoms with E-state index in [1.54, 1.807) is 13.2 Å². The molecule has 98 valence electrons. The maximum atomic E-state index is 12.1. The second kappa shape index (κ2) is 5.57. The monoisotopic (exact) mass is 255 g/mol. The van der Waals surface area contributed by atoms with Crippen LogP contribution in [-0.4, -0.2) is 13.0 Å². The number of benzene rings is 2. The normalized spacial score (nSPS) is 10.1. The van der Waals surface area contributed by atoms with E-state index in [4.69, 9.17) is 4.74 Å². The largest absolute Gasteiger partial charge is 0.496 e. The number of hydrogen-bond acceptors (Lipinski definition) is 2. The molecule has 1 amide bonds. The molecule has 0 bridgehead atoms. The van der Waals surface area contributed by atoms with Crippen molar-refractivity contribution in [2.45, 2.75) is 13.8 Å². The minimum atomic E-state index is -0.103. The smallest absolute Gasteiger partial charge is 0.255 e. The van der Waals surface area contributed by atoms with Crippen LogP contribution in [0.1, 0.15) is 21.5 Å². The molecule has 0 atom stereocenters. The van der Waals surface area contributed by atoms with Crippen molar-refractivity contribution in [1.82, 2.24) is 0 Å². The van der Waals surface area contributed by atoms with Crippen molar-refractivity contribution in [3.8, 4) is 5.75 Å². The van der Waals surface area contributed by atoms with Crippen molar-refractivity contribution in [3.63, 3.8) is 0 Å². The molecular formula is C16H17NO2. The summed E-state index contributed by atoms with van der Waals surface area (Å²) in [5, 5.41) is 2.88. The van der Waals surface area contributed by atoms with Gasteiger partial charge in [0.1, 0.15) is 5.75 Å². The van der Waals surface area contributed by atoms with Crippen LogP contribution in [0, 0.1) is 13.8 Å². The molecule has 0 saturated carbocycles. The molecule has 2 rings (SSSR count). The summed E-state index contributed by atoms with van der Waals surface area (Å²) < 4.78 is 5.19. The quantitative estimate of drug-likeness (QED) is 0.910. The summed E-state index contributed by atoms with van der Waals surface area (Å²) in [4.78, 5) is 12.1. The van der Waals surface area contributed by atoms with E-state index in [1.807, 2.05) is 50.2 Å². The van der Waals surface area contributed by atoms with Crippen LogP contribution in [0.4, 0.5) is 5.69 Å². The first-order valence-electron chi connectivity index (χ1n) is 6.13. The highest BCUT2D eigenvalue weighted by Crippen LogP contribution is 2.21. The first-order chi connectivity index (χ1) is 9.10. The fraction of sp³-hybridized carbons (Fsp3) is 0.188. The van der Waals surface area contributed by atoms with E-state index in [0.717, 1.165) is 22.6 Å². The summed E-state index contributed by atoms with van der Waals surface area (Å²) in [6.45, 7) is 3.91. The Hall–Kier alpha value is -2.29. The summed E-state index contributed by atoms with van der Waals surface area (Å²) in [5.74, 6) is 0.710. The van der Waals surface area contributed by atoms with E-state index in [9.17, 15) is 4.79 Å². The summed E-state index contributed by atoms with van der Waals surface area (Å²) >= 11 is 0. The van der Waals surface area contributed by atoms with Crippen molar-refractivity contribution < 1.29 is 9.53 Å². The van der Waals surface area contributed by atoms with Gasteiger partial charge in [-0.3, -0.25) is 4.79 Å². The number of rotatable bonds is 3. The van der Waals surface area contributed by atoms with E-state index in [2.05, 4.69) is 5.32 Å². The standard InChI is InChI=1S/C16H17NO2/c1-11-5-4-6-13(9-11)16(18)17-14-7-8-15(19-3)12(2)10-14/h4-10H,1-3H3,(H,17,18). The van der Waals surface area contributed by atoms with Gasteiger partial charge < -0.3 is 10.1 Å². The van der Waals surface area contributed by atoms with Crippen LogP contribution in [0.15, 0.2) is 42.5 Å². The molecule has 0 aliphatic heterocycles. The third kappa shape index (κ3) is 3.13. The van der Waals surface area contributed by atoms with Gasteiger partial charge in [0, 0.05) is 11.3 Å². The zero-order valence-corrected chi connectivity index (χ0v) is 11.4. The van der Waals surface area contributed by atoms with Crippen LogP contribution in [0.25, 0.3) is 0 Å². The first-order valence-corrected chi connectivity index (χ1v) is 6.13. The van der Waals surface area contributed by atoms with Crippen molar-refractivity contribution in [2.24, 2.45) is 0 Å². The molecule has 0 unspecified atom stereocenters. The topological polar surface area (TPSA) is 38.3 Å². The van der Waals surface area contributed by atoms with Crippen molar-refractivity contribution in [3.05, 3.63) is 59.2 Å². The molecule has 2 aromatic rings. The highest BCUT2D eigenvalue weighted by atomic mass is 16.5. The molecular weight excluding hydrogens is 238 g/mol. The number of methoxy groups -OCH3 is 1. The zero-order chi connectivity index (χ0) is 13.8. The third-order valence-electron chi connectivity index (χ3n) is 2.93. The Kier molecular flexibility index (Phi) is 3.85. The second-order valence-corrected chi connectivity index (χ2v) is 4.51. The van der Waals surface area contributed by atoms with Gasteiger partial charge in [0.05, 0.1) is 7.11 Å². The predicted octanol–water partition coefficient (Wildman–Crippen LogP) is 3.56. The third-order valence-corrected chi connectivity index (χ3v) is 2.93. The highest BCUT2D eigenvalue weighted by molar-refractivity contribution is 6.04. The Balaban J connectivity index is 2.17. The summed E-state index contributed by atoms with van der Waals surface area (Å²) in [6, 6.07) is 13.1. The lowest BCUT2D eigenvalue weighted by atomic mass is 10.1. The van der Waals surface area contributed by atoms with E-state index >= 15 is 0 Å². The van der Waals surface area contributed by atoms with Crippen molar-refractivity contribution in [1.29, 1.82) is 0 Å². The van der Waals surface area contributed by atoms with E-state index in [1.165, 1.54) is 0 Å². The van der Waals surface area contributed by atoms with Gasteiger partial charge in [0.25, 0.3) is 5.91 Å². The maximum absolute atomic E-state index is 12.1. The Morgan fingerprint density at radius 1 is 1.11 bits per heavy atom. The van der Waals surface area contributed by atoms with Crippen molar-refractivity contribution in [2.75, 3.05) is 12.4 Å². The molecule has 0 spiro atoms. The number of carbonyl (C=O) groups is 1. The Labute approximate surface area is 113 Å². The maximum Gasteiger partial charge on any atom is 0.255 e. The summed E-state index contributed by atoms with van der Waals surface area (Å²) in [6.07, 6.45) is 0. The number of anilines is 1. The van der Waals surface area contributed by atoms with Gasteiger partial charge >= 0.3 is 0 Å². The molecule has 0 aromatic heterocycles. The SMILES string of the molecule is COc1ccc(NC(=O)c2cccc(C)c2)cc1C. The molecule has 1 N–H and O–H groups in total. The number of amides is 1. The summed E-state index contributed by atoms with van der Waals surface area (Å²) in [7, 11) is 1.63. The Morgan fingerprint density at radius 3 is 2.53 bits per heavy atom. The van der Waals surface area contributed by atoms with Gasteiger partial charge in [-0.05, 0) is 49.7 Å². The van der Waals surface area contributed by atoms with E-state index < -0.39 is 0 Å². The van der Waals surface area contributed by atoms with E-state index in [-0.39, 0.29) is 5.91 Å². The Bertz CT molecular complexity index is 605. The van der Waals surface area contributed by atoms with Crippen LogP contribution >= 0.6 is 0 Å². The number of nitrogens with one attached hydrogen (secondary N) is 1. The van der Waals surface area contributed by atoms with Crippen molar-refractivity contribution >= 4 is 11.6 Å². The minimum absolute atomic E-state index is 0.103. The zero-order valence-electron chi connectivity index (χ0n) is 11.4. The molecule has 0 fully saturated rings. The van der Waals surface area contributed by atoms with Crippen LogP contribution in [-0.2, 0) is 0 Å². The molecule has 0 radical (unpaired) electrons. The Morgan fingerprint density at radius 2 is 1.89 bits per heavy atom. The molecule has 2 aromatic carbocycles. The van der Waals surface area contributed by atoms with Crippen LogP contribution in [0.5, 0.6) is 5.75 Å². The lowest BCUT2D eigenvalue weighted by Crippen LogP contribution is -2.12. The molecule has 0 heterocycles. The lowest BCUT2D eigenvalue weighted by molar-refractivity contribution is 0.102. The molecule has 0 saturated heterocycles. The molecule has 19 heavy (non-hydrogen) atoms. The molecule has 3 nitrogen and oxygen atoms in total. The number of aryl methyl sites for hydroxylation is 2. The number of ether oxygens (including phenoxy) is 1. The van der Waals surface area contributed by atoms with Gasteiger partial charge in [-0.1, -0.05) is 17.7 Å². The summed E-state index contributed by atoms with van der Waals surface area (Å²) in [5.41, 5.74) is 3.49. The average molecular weight is 255 g/mol. The minimum Gasteiger partial charge on any atom is -0.496 e. The molecule has 0 aliphatic carbocycles. The first kappa shape index (κ1) is 13.1. The fourth-order valence-corrected chi connectivity index (χ4v) is 1.95. The van der Waals surface area contributed by atoms with Gasteiger partial charge in [0.15, 0.2) is 0 Å². The van der Waals surface area contributed by atoms with Crippen LogP contribution in [0.3, 0.4) is 0 Å².